The number of hydrogen-bond acceptors (Lipinski definition) is 2. The van der Waals surface area contributed by atoms with Gasteiger partial charge in [0.1, 0.15) is 0 Å². The molecule has 0 radical (unpaired) electrons. The largest absolute Gasteiger partial charge is 0.465 e. The molecule has 0 aromatic heterocycles. The standard InChI is InChI=1S/C22H35N3O3/c1-2-3-4-5-6-7-8-9-10-18-11-13-19(14-12-18)23-21(26)24-20-15-16-25(17-20)22(27)28/h11-14,20H,2-10,15-17H2,1H3,(H,27,28)(H2,23,24,26)/t20-/m0/s1. The molecule has 1 heterocycles. The maximum Gasteiger partial charge on any atom is 0.407 e. The molecule has 0 bridgehead atoms. The lowest BCUT2D eigenvalue weighted by atomic mass is 10.0. The molecule has 6 nitrogen and oxygen atoms in total. The van der Waals surface area contributed by atoms with Gasteiger partial charge in [0.2, 0.25) is 0 Å². The number of rotatable bonds is 11. The fourth-order valence-electron chi connectivity index (χ4n) is 3.62. The highest BCUT2D eigenvalue weighted by Crippen LogP contribution is 2.15. The van der Waals surface area contributed by atoms with Crippen molar-refractivity contribution in [3.63, 3.8) is 0 Å². The predicted octanol–water partition coefficient (Wildman–Crippen LogP) is 5.24. The van der Waals surface area contributed by atoms with Crippen LogP contribution in [-0.4, -0.2) is 41.3 Å². The van der Waals surface area contributed by atoms with E-state index in [4.69, 9.17) is 5.11 Å². The molecular formula is C22H35N3O3. The van der Waals surface area contributed by atoms with Gasteiger partial charge in [0.05, 0.1) is 0 Å². The summed E-state index contributed by atoms with van der Waals surface area (Å²) < 4.78 is 0. The monoisotopic (exact) mass is 389 g/mol. The first-order chi connectivity index (χ1) is 13.6. The van der Waals surface area contributed by atoms with E-state index in [1.165, 1.54) is 61.8 Å². The molecule has 1 aliphatic rings. The quantitative estimate of drug-likeness (QED) is 0.452. The number of nitrogens with one attached hydrogen (secondary N) is 2. The molecule has 1 atom stereocenters. The zero-order chi connectivity index (χ0) is 20.2. The Morgan fingerprint density at radius 2 is 1.68 bits per heavy atom. The number of nitrogens with zero attached hydrogens (tertiary/aromatic N) is 1. The number of amides is 3. The Morgan fingerprint density at radius 3 is 2.29 bits per heavy atom. The van der Waals surface area contributed by atoms with Crippen molar-refractivity contribution < 1.29 is 14.7 Å². The van der Waals surface area contributed by atoms with Crippen molar-refractivity contribution in [2.24, 2.45) is 0 Å². The van der Waals surface area contributed by atoms with Crippen LogP contribution in [0.5, 0.6) is 0 Å². The topological polar surface area (TPSA) is 81.7 Å². The van der Waals surface area contributed by atoms with Gasteiger partial charge in [-0.15, -0.1) is 0 Å². The van der Waals surface area contributed by atoms with E-state index >= 15 is 0 Å². The first-order valence-electron chi connectivity index (χ1n) is 10.7. The Kier molecular flexibility index (Phi) is 9.66. The highest BCUT2D eigenvalue weighted by atomic mass is 16.4. The summed E-state index contributed by atoms with van der Waals surface area (Å²) in [6.45, 7) is 3.06. The van der Waals surface area contributed by atoms with Crippen molar-refractivity contribution in [2.75, 3.05) is 18.4 Å². The van der Waals surface area contributed by atoms with Gasteiger partial charge in [0.25, 0.3) is 0 Å². The molecule has 6 heteroatoms. The summed E-state index contributed by atoms with van der Waals surface area (Å²) in [6.07, 6.45) is 11.4. The van der Waals surface area contributed by atoms with Crippen LogP contribution in [0.3, 0.4) is 0 Å². The minimum Gasteiger partial charge on any atom is -0.465 e. The minimum absolute atomic E-state index is 0.127. The second-order valence-corrected chi connectivity index (χ2v) is 7.73. The van der Waals surface area contributed by atoms with E-state index in [0.717, 1.165) is 12.1 Å². The molecule has 0 saturated carbocycles. The van der Waals surface area contributed by atoms with E-state index in [9.17, 15) is 9.59 Å². The minimum atomic E-state index is -0.934. The highest BCUT2D eigenvalue weighted by molar-refractivity contribution is 5.89. The summed E-state index contributed by atoms with van der Waals surface area (Å²) in [5.74, 6) is 0. The lowest BCUT2D eigenvalue weighted by Crippen LogP contribution is -2.40. The van der Waals surface area contributed by atoms with Gasteiger partial charge >= 0.3 is 12.1 Å². The summed E-state index contributed by atoms with van der Waals surface area (Å²) in [4.78, 5) is 24.3. The van der Waals surface area contributed by atoms with Crippen molar-refractivity contribution in [3.05, 3.63) is 29.8 Å². The molecule has 1 fully saturated rings. The van der Waals surface area contributed by atoms with Crippen LogP contribution in [0, 0.1) is 0 Å². The molecule has 2 rings (SSSR count). The SMILES string of the molecule is CCCCCCCCCCc1ccc(NC(=O)N[C@H]2CCN(C(=O)O)C2)cc1. The number of anilines is 1. The average molecular weight is 390 g/mol. The number of urea groups is 1. The Labute approximate surface area is 168 Å². The molecule has 3 amide bonds. The first-order valence-corrected chi connectivity index (χ1v) is 10.7. The fraction of sp³-hybridized carbons (Fsp3) is 0.636. The lowest BCUT2D eigenvalue weighted by molar-refractivity contribution is 0.154. The predicted molar refractivity (Wildman–Crippen MR) is 113 cm³/mol. The third-order valence-corrected chi connectivity index (χ3v) is 5.32. The third-order valence-electron chi connectivity index (χ3n) is 5.32. The highest BCUT2D eigenvalue weighted by Gasteiger charge is 2.26. The molecule has 1 aromatic carbocycles. The summed E-state index contributed by atoms with van der Waals surface area (Å²) in [5, 5.41) is 14.6. The van der Waals surface area contributed by atoms with Crippen LogP contribution in [0.15, 0.2) is 24.3 Å². The van der Waals surface area contributed by atoms with Gasteiger partial charge < -0.3 is 20.6 Å². The van der Waals surface area contributed by atoms with E-state index in [0.29, 0.717) is 19.5 Å². The van der Waals surface area contributed by atoms with Crippen molar-refractivity contribution in [1.29, 1.82) is 0 Å². The van der Waals surface area contributed by atoms with E-state index in [1.54, 1.807) is 0 Å². The van der Waals surface area contributed by atoms with Crippen LogP contribution in [0.25, 0.3) is 0 Å². The molecule has 1 aromatic rings. The number of benzene rings is 1. The number of carboxylic acid groups (broad SMARTS) is 1. The van der Waals surface area contributed by atoms with E-state index in [-0.39, 0.29) is 12.1 Å². The maximum atomic E-state index is 12.1. The molecule has 0 aliphatic carbocycles. The zero-order valence-corrected chi connectivity index (χ0v) is 17.1. The number of unbranched alkanes of at least 4 members (excludes halogenated alkanes) is 7. The Balaban J connectivity index is 1.60. The summed E-state index contributed by atoms with van der Waals surface area (Å²) >= 11 is 0. The van der Waals surface area contributed by atoms with Crippen LogP contribution < -0.4 is 10.6 Å². The summed E-state index contributed by atoms with van der Waals surface area (Å²) in [7, 11) is 0. The average Bonchev–Trinajstić information content (AvgIpc) is 3.14. The molecule has 0 unspecified atom stereocenters. The number of aryl methyl sites for hydroxylation is 1. The third kappa shape index (κ3) is 8.19. The summed E-state index contributed by atoms with van der Waals surface area (Å²) in [6, 6.07) is 7.58. The van der Waals surface area contributed by atoms with Crippen LogP contribution in [0.1, 0.15) is 70.3 Å². The number of carbonyl (C=O) groups is 2. The van der Waals surface area contributed by atoms with Gasteiger partial charge in [-0.1, -0.05) is 64.0 Å². The van der Waals surface area contributed by atoms with Crippen LogP contribution in [-0.2, 0) is 6.42 Å². The van der Waals surface area contributed by atoms with Gasteiger partial charge in [0.15, 0.2) is 0 Å². The van der Waals surface area contributed by atoms with Gasteiger partial charge in [-0.2, -0.15) is 0 Å². The molecule has 0 spiro atoms. The first kappa shape index (κ1) is 22.1. The molecule has 28 heavy (non-hydrogen) atoms. The second-order valence-electron chi connectivity index (χ2n) is 7.73. The molecule has 156 valence electrons. The van der Waals surface area contributed by atoms with Gasteiger partial charge in [-0.05, 0) is 37.0 Å². The van der Waals surface area contributed by atoms with Crippen LogP contribution >= 0.6 is 0 Å². The van der Waals surface area contributed by atoms with Crippen LogP contribution in [0.2, 0.25) is 0 Å². The molecular weight excluding hydrogens is 354 g/mol. The number of hydrogen-bond donors (Lipinski definition) is 3. The summed E-state index contributed by atoms with van der Waals surface area (Å²) in [5.41, 5.74) is 2.05. The van der Waals surface area contributed by atoms with Crippen molar-refractivity contribution in [3.8, 4) is 0 Å². The molecule has 1 saturated heterocycles. The number of carbonyl (C=O) groups excluding carboxylic acids is 1. The Bertz CT molecular complexity index is 604. The maximum absolute atomic E-state index is 12.1. The van der Waals surface area contributed by atoms with Crippen molar-refractivity contribution >= 4 is 17.8 Å². The molecule has 1 aliphatic heterocycles. The lowest BCUT2D eigenvalue weighted by Gasteiger charge is -2.14. The fourth-order valence-corrected chi connectivity index (χ4v) is 3.62. The number of likely N-dealkylation sites (tertiary alicyclic amines) is 1. The van der Waals surface area contributed by atoms with E-state index in [2.05, 4.69) is 29.7 Å². The smallest absolute Gasteiger partial charge is 0.407 e. The Hall–Kier alpha value is -2.24. The van der Waals surface area contributed by atoms with Crippen molar-refractivity contribution in [2.45, 2.75) is 77.2 Å². The van der Waals surface area contributed by atoms with E-state index in [1.807, 2.05) is 12.1 Å². The van der Waals surface area contributed by atoms with Gasteiger partial charge in [0, 0.05) is 24.8 Å². The second kappa shape index (κ2) is 12.3. The van der Waals surface area contributed by atoms with Gasteiger partial charge in [-0.3, -0.25) is 0 Å². The van der Waals surface area contributed by atoms with Gasteiger partial charge in [-0.25, -0.2) is 9.59 Å². The van der Waals surface area contributed by atoms with Crippen molar-refractivity contribution in [1.82, 2.24) is 10.2 Å². The zero-order valence-electron chi connectivity index (χ0n) is 17.1. The normalized spacial score (nSPS) is 16.2. The van der Waals surface area contributed by atoms with E-state index < -0.39 is 6.09 Å². The van der Waals surface area contributed by atoms with Crippen LogP contribution in [0.4, 0.5) is 15.3 Å². The molecule has 3 N–H and O–H groups in total. The Morgan fingerprint density at radius 1 is 1.04 bits per heavy atom.